The van der Waals surface area contributed by atoms with E-state index in [4.69, 9.17) is 11.6 Å². The van der Waals surface area contributed by atoms with E-state index in [2.05, 4.69) is 32.8 Å². The number of hydrogen-bond acceptors (Lipinski definition) is 2. The summed E-state index contributed by atoms with van der Waals surface area (Å²) in [5, 5.41) is 7.17. The fraction of sp³-hybridized carbons (Fsp3) is 0.125. The third-order valence-corrected chi connectivity index (χ3v) is 4.24. The Labute approximate surface area is 98.5 Å². The minimum atomic E-state index is 0.798. The first-order chi connectivity index (χ1) is 6.18. The molecule has 0 atom stereocenters. The number of aryl methyl sites for hydroxylation is 1. The van der Waals surface area contributed by atoms with Gasteiger partial charge in [-0.15, -0.1) is 11.3 Å². The second kappa shape index (κ2) is 3.59. The number of halogens is 2. The quantitative estimate of drug-likeness (QED) is 0.796. The summed E-state index contributed by atoms with van der Waals surface area (Å²) >= 11 is 9.68. The van der Waals surface area contributed by atoms with Crippen LogP contribution < -0.4 is 0 Å². The second-order valence-electron chi connectivity index (χ2n) is 2.61. The van der Waals surface area contributed by atoms with Crippen LogP contribution >= 0.6 is 45.5 Å². The highest BCUT2D eigenvalue weighted by atomic mass is 127. The van der Waals surface area contributed by atoms with Crippen molar-refractivity contribution in [2.45, 2.75) is 6.92 Å². The van der Waals surface area contributed by atoms with Crippen LogP contribution in [0.1, 0.15) is 5.69 Å². The molecule has 2 heterocycles. The molecule has 0 aromatic carbocycles. The lowest BCUT2D eigenvalue weighted by molar-refractivity contribution is 1.05. The van der Waals surface area contributed by atoms with Gasteiger partial charge in [0.15, 0.2) is 0 Å². The van der Waals surface area contributed by atoms with Gasteiger partial charge in [-0.2, -0.15) is 5.10 Å². The van der Waals surface area contributed by atoms with Crippen LogP contribution in [0.5, 0.6) is 0 Å². The first-order valence-corrected chi connectivity index (χ1v) is 5.92. The molecule has 0 aliphatic carbocycles. The van der Waals surface area contributed by atoms with Crippen molar-refractivity contribution in [2.24, 2.45) is 0 Å². The molecule has 13 heavy (non-hydrogen) atoms. The van der Waals surface area contributed by atoms with Crippen LogP contribution in [-0.4, -0.2) is 10.2 Å². The van der Waals surface area contributed by atoms with Crippen LogP contribution in [0.4, 0.5) is 0 Å². The summed E-state index contributed by atoms with van der Waals surface area (Å²) in [6.07, 6.45) is 0. The van der Waals surface area contributed by atoms with E-state index in [-0.39, 0.29) is 0 Å². The molecule has 1 N–H and O–H groups in total. The Bertz CT molecular complexity index is 435. The van der Waals surface area contributed by atoms with Crippen LogP contribution in [0.25, 0.3) is 10.6 Å². The predicted octanol–water partition coefficient (Wildman–Crippen LogP) is 3.70. The van der Waals surface area contributed by atoms with Crippen molar-refractivity contribution in [1.29, 1.82) is 0 Å². The molecular weight excluding hydrogens is 319 g/mol. The first-order valence-electron chi connectivity index (χ1n) is 3.64. The van der Waals surface area contributed by atoms with Crippen molar-refractivity contribution in [1.82, 2.24) is 10.2 Å². The third-order valence-electron chi connectivity index (χ3n) is 1.68. The maximum absolute atomic E-state index is 5.85. The van der Waals surface area contributed by atoms with E-state index in [9.17, 15) is 0 Å². The second-order valence-corrected chi connectivity index (χ2v) is 5.41. The standard InChI is InChI=1S/C8H6ClIN2S/c1-4-7(10)8(12-11-4)5-2-3-6(9)13-5/h2-3H,1H3,(H,11,12). The van der Waals surface area contributed by atoms with Gasteiger partial charge < -0.3 is 0 Å². The van der Waals surface area contributed by atoms with Crippen molar-refractivity contribution < 1.29 is 0 Å². The average molecular weight is 325 g/mol. The zero-order valence-corrected chi connectivity index (χ0v) is 10.5. The van der Waals surface area contributed by atoms with Crippen molar-refractivity contribution in [3.05, 3.63) is 25.7 Å². The molecule has 0 aliphatic rings. The highest BCUT2D eigenvalue weighted by Gasteiger charge is 2.10. The van der Waals surface area contributed by atoms with Crippen molar-refractivity contribution in [3.63, 3.8) is 0 Å². The van der Waals surface area contributed by atoms with Gasteiger partial charge >= 0.3 is 0 Å². The van der Waals surface area contributed by atoms with E-state index < -0.39 is 0 Å². The summed E-state index contributed by atoms with van der Waals surface area (Å²) < 4.78 is 1.96. The van der Waals surface area contributed by atoms with Crippen LogP contribution in [0.2, 0.25) is 4.34 Å². The van der Waals surface area contributed by atoms with Crippen LogP contribution in [0.3, 0.4) is 0 Å². The molecule has 2 nitrogen and oxygen atoms in total. The van der Waals surface area contributed by atoms with Gasteiger partial charge in [0, 0.05) is 5.69 Å². The van der Waals surface area contributed by atoms with Crippen LogP contribution in [0.15, 0.2) is 12.1 Å². The Morgan fingerprint density at radius 3 is 2.77 bits per heavy atom. The van der Waals surface area contributed by atoms with Crippen LogP contribution in [0, 0.1) is 10.5 Å². The number of aromatic nitrogens is 2. The molecule has 0 unspecified atom stereocenters. The summed E-state index contributed by atoms with van der Waals surface area (Å²) in [6.45, 7) is 2.01. The lowest BCUT2D eigenvalue weighted by atomic mass is 10.3. The molecule has 0 spiro atoms. The maximum atomic E-state index is 5.85. The Morgan fingerprint density at radius 2 is 2.31 bits per heavy atom. The summed E-state index contributed by atoms with van der Waals surface area (Å²) in [4.78, 5) is 1.11. The van der Waals surface area contributed by atoms with Gasteiger partial charge in [-0.3, -0.25) is 5.10 Å². The number of nitrogens with zero attached hydrogens (tertiary/aromatic N) is 1. The predicted molar refractivity (Wildman–Crippen MR) is 64.4 cm³/mol. The lowest BCUT2D eigenvalue weighted by Crippen LogP contribution is -1.74. The number of hydrogen-bond donors (Lipinski definition) is 1. The lowest BCUT2D eigenvalue weighted by Gasteiger charge is -1.90. The molecule has 2 aromatic rings. The topological polar surface area (TPSA) is 28.7 Å². The molecule has 0 fully saturated rings. The molecule has 0 aliphatic heterocycles. The molecule has 2 aromatic heterocycles. The minimum absolute atomic E-state index is 0.798. The number of nitrogens with one attached hydrogen (secondary N) is 1. The highest BCUT2D eigenvalue weighted by molar-refractivity contribution is 14.1. The highest BCUT2D eigenvalue weighted by Crippen LogP contribution is 2.33. The molecule has 0 bridgehead atoms. The fourth-order valence-electron chi connectivity index (χ4n) is 1.02. The summed E-state index contributed by atoms with van der Waals surface area (Å²) in [7, 11) is 0. The van der Waals surface area contributed by atoms with Gasteiger partial charge in [0.05, 0.1) is 12.8 Å². The van der Waals surface area contributed by atoms with Gasteiger partial charge in [-0.25, -0.2) is 0 Å². The molecule has 5 heteroatoms. The zero-order valence-electron chi connectivity index (χ0n) is 6.77. The van der Waals surface area contributed by atoms with E-state index in [0.29, 0.717) is 0 Å². The van der Waals surface area contributed by atoms with Gasteiger partial charge in [0.2, 0.25) is 0 Å². The smallest absolute Gasteiger partial charge is 0.116 e. The molecule has 0 amide bonds. The van der Waals surface area contributed by atoms with E-state index in [1.165, 1.54) is 0 Å². The van der Waals surface area contributed by atoms with Crippen molar-refractivity contribution in [3.8, 4) is 10.6 Å². The van der Waals surface area contributed by atoms with Gasteiger partial charge in [0.1, 0.15) is 5.69 Å². The normalized spacial score (nSPS) is 10.7. The number of aromatic amines is 1. The summed E-state index contributed by atoms with van der Waals surface area (Å²) in [6, 6.07) is 3.88. The van der Waals surface area contributed by atoms with E-state index in [1.807, 2.05) is 19.1 Å². The Kier molecular flexibility index (Phi) is 2.62. The monoisotopic (exact) mass is 324 g/mol. The number of H-pyrrole nitrogens is 1. The van der Waals surface area contributed by atoms with Gasteiger partial charge in [0.25, 0.3) is 0 Å². The number of rotatable bonds is 1. The molecule has 2 rings (SSSR count). The molecule has 0 saturated heterocycles. The van der Waals surface area contributed by atoms with Crippen molar-refractivity contribution >= 4 is 45.5 Å². The van der Waals surface area contributed by atoms with E-state index in [1.54, 1.807) is 11.3 Å². The molecule has 68 valence electrons. The molecular formula is C8H6ClIN2S. The van der Waals surface area contributed by atoms with Crippen LogP contribution in [-0.2, 0) is 0 Å². The Balaban J connectivity index is 2.52. The SMILES string of the molecule is Cc1[nH]nc(-c2ccc(Cl)s2)c1I. The summed E-state index contributed by atoms with van der Waals surface area (Å²) in [5.41, 5.74) is 2.09. The average Bonchev–Trinajstić information content (AvgIpc) is 2.62. The van der Waals surface area contributed by atoms with E-state index in [0.717, 1.165) is 24.2 Å². The maximum Gasteiger partial charge on any atom is 0.116 e. The fourth-order valence-corrected chi connectivity index (χ4v) is 2.77. The largest absolute Gasteiger partial charge is 0.281 e. The molecule has 0 radical (unpaired) electrons. The summed E-state index contributed by atoms with van der Waals surface area (Å²) in [5.74, 6) is 0. The van der Waals surface area contributed by atoms with Gasteiger partial charge in [-0.1, -0.05) is 11.6 Å². The van der Waals surface area contributed by atoms with Crippen molar-refractivity contribution in [2.75, 3.05) is 0 Å². The number of thiophene rings is 1. The first kappa shape index (κ1) is 9.48. The molecule has 0 saturated carbocycles. The zero-order chi connectivity index (χ0) is 9.42. The van der Waals surface area contributed by atoms with Gasteiger partial charge in [-0.05, 0) is 41.6 Å². The minimum Gasteiger partial charge on any atom is -0.281 e. The third kappa shape index (κ3) is 1.75. The Morgan fingerprint density at radius 1 is 1.54 bits per heavy atom. The van der Waals surface area contributed by atoms with E-state index >= 15 is 0 Å². The Hall–Kier alpha value is -0.0700.